The molecule has 0 radical (unpaired) electrons. The van der Waals surface area contributed by atoms with Crippen LogP contribution in [0.25, 0.3) is 0 Å². The topological polar surface area (TPSA) is 32.3 Å². The second-order valence-corrected chi connectivity index (χ2v) is 5.17. The zero-order valence-electron chi connectivity index (χ0n) is 9.61. The monoisotopic (exact) mass is 238 g/mol. The molecule has 1 aliphatic heterocycles. The molecule has 0 aliphatic carbocycles. The van der Waals surface area contributed by atoms with Crippen LogP contribution in [0, 0.1) is 0 Å². The van der Waals surface area contributed by atoms with E-state index < -0.39 is 0 Å². The third-order valence-corrected chi connectivity index (χ3v) is 3.86. The summed E-state index contributed by atoms with van der Waals surface area (Å²) in [5.74, 6) is 0.278. The van der Waals surface area contributed by atoms with E-state index in [9.17, 15) is 4.79 Å². The van der Waals surface area contributed by atoms with Crippen LogP contribution in [0.1, 0.15) is 24.6 Å². The highest BCUT2D eigenvalue weighted by Crippen LogP contribution is 2.13. The Morgan fingerprint density at radius 2 is 2.56 bits per heavy atom. The number of nitrogens with one attached hydrogen (secondary N) is 1. The van der Waals surface area contributed by atoms with E-state index in [0.717, 1.165) is 26.1 Å². The Morgan fingerprint density at radius 3 is 3.25 bits per heavy atom. The normalized spacial score (nSPS) is 20.3. The lowest BCUT2D eigenvalue weighted by molar-refractivity contribution is -0.129. The predicted molar refractivity (Wildman–Crippen MR) is 66.4 cm³/mol. The van der Waals surface area contributed by atoms with Gasteiger partial charge in [0, 0.05) is 37.0 Å². The van der Waals surface area contributed by atoms with Gasteiger partial charge in [-0.3, -0.25) is 4.79 Å². The largest absolute Gasteiger partial charge is 0.341 e. The molecular weight excluding hydrogens is 220 g/mol. The molecule has 0 spiro atoms. The number of nitrogens with zero attached hydrogens (tertiary/aromatic N) is 1. The summed E-state index contributed by atoms with van der Waals surface area (Å²) in [5.41, 5.74) is 0. The molecular formula is C12H18N2OS. The maximum absolute atomic E-state index is 11.5. The molecule has 2 heterocycles. The van der Waals surface area contributed by atoms with Crippen LogP contribution in [0.4, 0.5) is 0 Å². The lowest BCUT2D eigenvalue weighted by Crippen LogP contribution is -2.34. The van der Waals surface area contributed by atoms with Crippen LogP contribution >= 0.6 is 11.3 Å². The molecule has 1 saturated heterocycles. The Morgan fingerprint density at radius 1 is 1.69 bits per heavy atom. The molecule has 0 saturated carbocycles. The molecule has 1 fully saturated rings. The highest BCUT2D eigenvalue weighted by Gasteiger charge is 2.24. The second kappa shape index (κ2) is 5.46. The van der Waals surface area contributed by atoms with Crippen LogP contribution in [-0.4, -0.2) is 29.9 Å². The molecule has 1 aliphatic rings. The highest BCUT2D eigenvalue weighted by molar-refractivity contribution is 7.09. The Hall–Kier alpha value is -0.870. The minimum absolute atomic E-state index is 0.278. The van der Waals surface area contributed by atoms with E-state index in [1.165, 1.54) is 4.88 Å². The van der Waals surface area contributed by atoms with Gasteiger partial charge in [-0.2, -0.15) is 0 Å². The van der Waals surface area contributed by atoms with Gasteiger partial charge in [-0.05, 0) is 17.9 Å². The Labute approximate surface area is 100 Å². The minimum Gasteiger partial charge on any atom is -0.341 e. The molecule has 0 aromatic carbocycles. The van der Waals surface area contributed by atoms with Gasteiger partial charge < -0.3 is 10.2 Å². The summed E-state index contributed by atoms with van der Waals surface area (Å²) in [6.45, 7) is 4.64. The number of hydrogen-bond acceptors (Lipinski definition) is 3. The Balaban J connectivity index is 1.75. The summed E-state index contributed by atoms with van der Waals surface area (Å²) in [6.07, 6.45) is 1.70. The van der Waals surface area contributed by atoms with Crippen molar-refractivity contribution in [3.8, 4) is 0 Å². The first-order chi connectivity index (χ1) is 7.79. The van der Waals surface area contributed by atoms with E-state index in [4.69, 9.17) is 0 Å². The van der Waals surface area contributed by atoms with Crippen molar-refractivity contribution in [1.29, 1.82) is 0 Å². The van der Waals surface area contributed by atoms with Gasteiger partial charge in [-0.25, -0.2) is 0 Å². The maximum Gasteiger partial charge on any atom is 0.222 e. The van der Waals surface area contributed by atoms with Crippen molar-refractivity contribution in [2.75, 3.05) is 13.1 Å². The van der Waals surface area contributed by atoms with Gasteiger partial charge in [0.1, 0.15) is 0 Å². The van der Waals surface area contributed by atoms with E-state index in [0.29, 0.717) is 12.5 Å². The lowest BCUT2D eigenvalue weighted by atomic mass is 10.2. The third-order valence-electron chi connectivity index (χ3n) is 2.99. The molecule has 0 bridgehead atoms. The quantitative estimate of drug-likeness (QED) is 0.868. The molecule has 4 heteroatoms. The average molecular weight is 238 g/mol. The molecule has 3 nitrogen and oxygen atoms in total. The molecule has 1 aromatic rings. The second-order valence-electron chi connectivity index (χ2n) is 4.14. The summed E-state index contributed by atoms with van der Waals surface area (Å²) in [7, 11) is 0. The van der Waals surface area contributed by atoms with Crippen LogP contribution in [0.3, 0.4) is 0 Å². The van der Waals surface area contributed by atoms with E-state index in [1.807, 2.05) is 11.8 Å². The van der Waals surface area contributed by atoms with Crippen molar-refractivity contribution >= 4 is 17.2 Å². The Bertz CT molecular complexity index is 337. The summed E-state index contributed by atoms with van der Waals surface area (Å²) in [4.78, 5) is 14.8. The van der Waals surface area contributed by atoms with Crippen molar-refractivity contribution in [2.24, 2.45) is 0 Å². The number of carbonyl (C=O) groups excluding carboxylic acids is 1. The SMILES string of the molecule is CCC(=O)N1CCC(NCc2cccs2)C1. The fraction of sp³-hybridized carbons (Fsp3) is 0.583. The standard InChI is InChI=1S/C12H18N2OS/c1-2-12(15)14-6-5-10(9-14)13-8-11-4-3-7-16-11/h3-4,7,10,13H,2,5-6,8-9H2,1H3. The van der Waals surface area contributed by atoms with Crippen LogP contribution in [-0.2, 0) is 11.3 Å². The molecule has 88 valence electrons. The molecule has 1 aromatic heterocycles. The molecule has 1 atom stereocenters. The number of carbonyl (C=O) groups is 1. The number of amides is 1. The Kier molecular flexibility index (Phi) is 3.96. The van der Waals surface area contributed by atoms with Gasteiger partial charge in [0.15, 0.2) is 0 Å². The van der Waals surface area contributed by atoms with E-state index >= 15 is 0 Å². The van der Waals surface area contributed by atoms with E-state index in [2.05, 4.69) is 22.8 Å². The molecule has 1 N–H and O–H groups in total. The summed E-state index contributed by atoms with van der Waals surface area (Å²) >= 11 is 1.77. The summed E-state index contributed by atoms with van der Waals surface area (Å²) in [6, 6.07) is 4.68. The minimum atomic E-state index is 0.278. The maximum atomic E-state index is 11.5. The van der Waals surface area contributed by atoms with Crippen LogP contribution in [0.2, 0.25) is 0 Å². The van der Waals surface area contributed by atoms with Crippen molar-refractivity contribution < 1.29 is 4.79 Å². The van der Waals surface area contributed by atoms with Gasteiger partial charge in [0.05, 0.1) is 0 Å². The first-order valence-electron chi connectivity index (χ1n) is 5.83. The van der Waals surface area contributed by atoms with Crippen molar-refractivity contribution in [3.63, 3.8) is 0 Å². The average Bonchev–Trinajstić information content (AvgIpc) is 2.96. The first-order valence-corrected chi connectivity index (χ1v) is 6.71. The smallest absolute Gasteiger partial charge is 0.222 e. The van der Waals surface area contributed by atoms with Crippen LogP contribution in [0.5, 0.6) is 0 Å². The number of thiophene rings is 1. The van der Waals surface area contributed by atoms with Crippen LogP contribution < -0.4 is 5.32 Å². The summed E-state index contributed by atoms with van der Waals surface area (Å²) in [5, 5.41) is 5.61. The van der Waals surface area contributed by atoms with Gasteiger partial charge in [-0.1, -0.05) is 13.0 Å². The molecule has 1 amide bonds. The molecule has 2 rings (SSSR count). The zero-order chi connectivity index (χ0) is 11.4. The zero-order valence-corrected chi connectivity index (χ0v) is 10.4. The highest BCUT2D eigenvalue weighted by atomic mass is 32.1. The van der Waals surface area contributed by atoms with Gasteiger partial charge in [0.2, 0.25) is 5.91 Å². The lowest BCUT2D eigenvalue weighted by Gasteiger charge is -2.15. The number of rotatable bonds is 4. The number of likely N-dealkylation sites (tertiary alicyclic amines) is 1. The summed E-state index contributed by atoms with van der Waals surface area (Å²) < 4.78 is 0. The fourth-order valence-electron chi connectivity index (χ4n) is 2.04. The third kappa shape index (κ3) is 2.83. The van der Waals surface area contributed by atoms with Gasteiger partial charge in [0.25, 0.3) is 0 Å². The van der Waals surface area contributed by atoms with Crippen molar-refractivity contribution in [2.45, 2.75) is 32.4 Å². The van der Waals surface area contributed by atoms with Gasteiger partial charge in [-0.15, -0.1) is 11.3 Å². The van der Waals surface area contributed by atoms with E-state index in [1.54, 1.807) is 11.3 Å². The van der Waals surface area contributed by atoms with Crippen molar-refractivity contribution in [1.82, 2.24) is 10.2 Å². The molecule has 1 unspecified atom stereocenters. The van der Waals surface area contributed by atoms with Crippen molar-refractivity contribution in [3.05, 3.63) is 22.4 Å². The number of hydrogen-bond donors (Lipinski definition) is 1. The van der Waals surface area contributed by atoms with E-state index in [-0.39, 0.29) is 5.91 Å². The molecule has 16 heavy (non-hydrogen) atoms. The van der Waals surface area contributed by atoms with Crippen LogP contribution in [0.15, 0.2) is 17.5 Å². The predicted octanol–water partition coefficient (Wildman–Crippen LogP) is 1.85. The first kappa shape index (κ1) is 11.6. The van der Waals surface area contributed by atoms with Gasteiger partial charge >= 0.3 is 0 Å². The fourth-order valence-corrected chi connectivity index (χ4v) is 2.69.